The molecule has 0 bridgehead atoms. The van der Waals surface area contributed by atoms with Crippen LogP contribution < -0.4 is 9.62 Å². The van der Waals surface area contributed by atoms with E-state index in [4.69, 9.17) is 0 Å². The van der Waals surface area contributed by atoms with Crippen LogP contribution in [0.15, 0.2) is 39.0 Å². The van der Waals surface area contributed by atoms with Crippen LogP contribution >= 0.6 is 11.3 Å². The van der Waals surface area contributed by atoms with Crippen molar-refractivity contribution in [2.24, 2.45) is 5.41 Å². The van der Waals surface area contributed by atoms with E-state index in [0.717, 1.165) is 42.1 Å². The lowest BCUT2D eigenvalue weighted by molar-refractivity contribution is 0.280. The van der Waals surface area contributed by atoms with Gasteiger partial charge in [-0.1, -0.05) is 37.3 Å². The van der Waals surface area contributed by atoms with Gasteiger partial charge < -0.3 is 4.90 Å². The molecule has 1 aromatic carbocycles. The minimum Gasteiger partial charge on any atom is -0.370 e. The molecule has 3 rings (SSSR count). The average molecular weight is 459 g/mol. The zero-order valence-electron chi connectivity index (χ0n) is 16.9. The maximum absolute atomic E-state index is 12.9. The maximum Gasteiger partial charge on any atom is 0.273 e. The van der Waals surface area contributed by atoms with Crippen molar-refractivity contribution in [3.63, 3.8) is 0 Å². The van der Waals surface area contributed by atoms with Crippen LogP contribution in [0.3, 0.4) is 0 Å². The van der Waals surface area contributed by atoms with E-state index in [2.05, 4.69) is 28.5 Å². The molecule has 1 saturated heterocycles. The summed E-state index contributed by atoms with van der Waals surface area (Å²) >= 11 is 0.631. The van der Waals surface area contributed by atoms with Gasteiger partial charge in [0.1, 0.15) is 0 Å². The third kappa shape index (κ3) is 4.73. The van der Waals surface area contributed by atoms with Crippen molar-refractivity contribution in [3.8, 4) is 0 Å². The van der Waals surface area contributed by atoms with Crippen molar-refractivity contribution in [2.45, 2.75) is 35.2 Å². The number of anilines is 2. The fourth-order valence-corrected chi connectivity index (χ4v) is 6.76. The van der Waals surface area contributed by atoms with Gasteiger partial charge in [-0.3, -0.25) is 4.72 Å². The molecule has 0 radical (unpaired) electrons. The topological polar surface area (TPSA) is 99.7 Å². The first-order chi connectivity index (χ1) is 13.4. The number of aromatic nitrogens is 1. The molecule has 0 amide bonds. The lowest BCUT2D eigenvalue weighted by Crippen LogP contribution is -2.37. The minimum absolute atomic E-state index is 0.146. The summed E-state index contributed by atoms with van der Waals surface area (Å²) < 4.78 is 53.4. The highest BCUT2D eigenvalue weighted by atomic mass is 32.3. The number of sulfonamides is 2. The van der Waals surface area contributed by atoms with E-state index in [9.17, 15) is 16.8 Å². The summed E-state index contributed by atoms with van der Waals surface area (Å²) in [6, 6.07) is 7.25. The van der Waals surface area contributed by atoms with Crippen molar-refractivity contribution in [2.75, 3.05) is 36.8 Å². The standard InChI is InChI=1S/C18H26N4O4S3/c1-18(2)9-11-22(12-10-18)15-8-6-5-7-14(15)20-28(23,24)16-13-19-17(27-16)29(25,26)21(3)4/h5-8,13,20H,9-12H2,1-4H3. The Balaban J connectivity index is 1.86. The molecule has 2 aromatic rings. The Morgan fingerprint density at radius 1 is 1.10 bits per heavy atom. The predicted molar refractivity (Wildman–Crippen MR) is 115 cm³/mol. The minimum atomic E-state index is -3.97. The highest BCUT2D eigenvalue weighted by molar-refractivity contribution is 7.96. The van der Waals surface area contributed by atoms with Gasteiger partial charge in [0.15, 0.2) is 4.21 Å². The Morgan fingerprint density at radius 2 is 1.72 bits per heavy atom. The number of nitrogens with one attached hydrogen (secondary N) is 1. The van der Waals surface area contributed by atoms with E-state index in [1.807, 2.05) is 12.1 Å². The Kier molecular flexibility index (Phi) is 5.96. The number of piperidine rings is 1. The summed E-state index contributed by atoms with van der Waals surface area (Å²) in [6.07, 6.45) is 3.12. The number of hydrogen-bond donors (Lipinski definition) is 1. The lowest BCUT2D eigenvalue weighted by atomic mass is 9.82. The van der Waals surface area contributed by atoms with Crippen LogP contribution in [0.4, 0.5) is 11.4 Å². The maximum atomic E-state index is 12.9. The second-order valence-corrected chi connectivity index (χ2v) is 13.3. The van der Waals surface area contributed by atoms with Crippen LogP contribution in [0.5, 0.6) is 0 Å². The van der Waals surface area contributed by atoms with Gasteiger partial charge >= 0.3 is 0 Å². The zero-order chi connectivity index (χ0) is 21.4. The normalized spacial score (nSPS) is 17.5. The summed E-state index contributed by atoms with van der Waals surface area (Å²) in [5, 5.41) is 0. The molecule has 11 heteroatoms. The van der Waals surface area contributed by atoms with Crippen LogP contribution in [-0.4, -0.2) is 53.3 Å². The smallest absolute Gasteiger partial charge is 0.273 e. The second-order valence-electron chi connectivity index (χ2n) is 8.01. The molecular formula is C18H26N4O4S3. The SMILES string of the molecule is CN(C)S(=O)(=O)c1ncc(S(=O)(=O)Nc2ccccc2N2CCC(C)(C)CC2)s1. The highest BCUT2D eigenvalue weighted by Gasteiger charge is 2.29. The number of nitrogens with zero attached hydrogens (tertiary/aromatic N) is 3. The van der Waals surface area contributed by atoms with Gasteiger partial charge in [-0.2, -0.15) is 0 Å². The quantitative estimate of drug-likeness (QED) is 0.715. The number of hydrogen-bond acceptors (Lipinski definition) is 7. The van der Waals surface area contributed by atoms with Crippen LogP contribution in [0.2, 0.25) is 0 Å². The molecule has 8 nitrogen and oxygen atoms in total. The fraction of sp³-hybridized carbons (Fsp3) is 0.500. The van der Waals surface area contributed by atoms with E-state index < -0.39 is 20.0 Å². The summed E-state index contributed by atoms with van der Waals surface area (Å²) in [5.41, 5.74) is 1.57. The molecule has 1 N–H and O–H groups in total. The Labute approximate surface area is 176 Å². The van der Waals surface area contributed by atoms with E-state index in [1.54, 1.807) is 12.1 Å². The average Bonchev–Trinajstić information content (AvgIpc) is 3.14. The Bertz CT molecular complexity index is 1080. The molecule has 0 unspecified atom stereocenters. The van der Waals surface area contributed by atoms with Crippen molar-refractivity contribution in [1.29, 1.82) is 0 Å². The van der Waals surface area contributed by atoms with Crippen molar-refractivity contribution in [1.82, 2.24) is 9.29 Å². The molecule has 29 heavy (non-hydrogen) atoms. The van der Waals surface area contributed by atoms with Gasteiger partial charge in [0, 0.05) is 27.2 Å². The molecular weight excluding hydrogens is 432 g/mol. The molecule has 2 heterocycles. The number of para-hydroxylation sites is 2. The second kappa shape index (κ2) is 7.86. The van der Waals surface area contributed by atoms with Crippen LogP contribution in [0.1, 0.15) is 26.7 Å². The van der Waals surface area contributed by atoms with E-state index in [-0.39, 0.29) is 14.0 Å². The van der Waals surface area contributed by atoms with Crippen LogP contribution in [-0.2, 0) is 20.0 Å². The van der Waals surface area contributed by atoms with Gasteiger partial charge in [0.25, 0.3) is 20.0 Å². The first-order valence-electron chi connectivity index (χ1n) is 9.18. The molecule has 160 valence electrons. The van der Waals surface area contributed by atoms with E-state index >= 15 is 0 Å². The van der Waals surface area contributed by atoms with Gasteiger partial charge in [0.05, 0.1) is 17.6 Å². The molecule has 1 fully saturated rings. The summed E-state index contributed by atoms with van der Waals surface area (Å²) in [6.45, 7) is 6.17. The third-order valence-electron chi connectivity index (χ3n) is 5.04. The first-order valence-corrected chi connectivity index (χ1v) is 12.9. The molecule has 0 saturated carbocycles. The van der Waals surface area contributed by atoms with E-state index in [0.29, 0.717) is 17.0 Å². The van der Waals surface area contributed by atoms with Crippen molar-refractivity contribution in [3.05, 3.63) is 30.5 Å². The Hall–Kier alpha value is -1.69. The van der Waals surface area contributed by atoms with Crippen LogP contribution in [0, 0.1) is 5.41 Å². The van der Waals surface area contributed by atoms with Gasteiger partial charge in [-0.25, -0.2) is 26.1 Å². The highest BCUT2D eigenvalue weighted by Crippen LogP contribution is 2.36. The molecule has 0 aliphatic carbocycles. The van der Waals surface area contributed by atoms with E-state index in [1.165, 1.54) is 14.1 Å². The molecule has 0 spiro atoms. The zero-order valence-corrected chi connectivity index (χ0v) is 19.4. The monoisotopic (exact) mass is 458 g/mol. The van der Waals surface area contributed by atoms with Crippen molar-refractivity contribution < 1.29 is 16.8 Å². The van der Waals surface area contributed by atoms with Crippen LogP contribution in [0.25, 0.3) is 0 Å². The van der Waals surface area contributed by atoms with Gasteiger partial charge in [0.2, 0.25) is 4.34 Å². The number of benzene rings is 1. The molecule has 1 aliphatic heterocycles. The fourth-order valence-electron chi connectivity index (χ4n) is 3.03. The molecule has 1 aliphatic rings. The molecule has 0 atom stereocenters. The van der Waals surface area contributed by atoms with Crippen molar-refractivity contribution >= 4 is 42.8 Å². The number of rotatable bonds is 6. The number of thiazole rings is 1. The Morgan fingerprint density at radius 3 is 2.34 bits per heavy atom. The van der Waals surface area contributed by atoms with Gasteiger partial charge in [-0.05, 0) is 30.4 Å². The summed E-state index contributed by atoms with van der Waals surface area (Å²) in [5.74, 6) is 0. The molecule has 1 aromatic heterocycles. The first kappa shape index (κ1) is 22.0. The largest absolute Gasteiger partial charge is 0.370 e. The lowest BCUT2D eigenvalue weighted by Gasteiger charge is -2.38. The van der Waals surface area contributed by atoms with Gasteiger partial charge in [-0.15, -0.1) is 0 Å². The summed E-state index contributed by atoms with van der Waals surface area (Å²) in [4.78, 5) is 5.98. The third-order valence-corrected chi connectivity index (χ3v) is 10.0. The summed E-state index contributed by atoms with van der Waals surface area (Å²) in [7, 11) is -5.00. The predicted octanol–water partition coefficient (Wildman–Crippen LogP) is 2.82.